The first kappa shape index (κ1) is 15.0. The van der Waals surface area contributed by atoms with Crippen molar-refractivity contribution in [2.45, 2.75) is 13.1 Å². The monoisotopic (exact) mass is 346 g/mol. The third-order valence-corrected chi connectivity index (χ3v) is 4.70. The van der Waals surface area contributed by atoms with Crippen LogP contribution >= 0.6 is 0 Å². The lowest BCUT2D eigenvalue weighted by Gasteiger charge is -2.08. The van der Waals surface area contributed by atoms with E-state index in [0.29, 0.717) is 0 Å². The molecule has 6 heteroatoms. The van der Waals surface area contributed by atoms with Crippen LogP contribution in [0.15, 0.2) is 54.9 Å². The zero-order valence-corrected chi connectivity index (χ0v) is 14.1. The molecule has 0 atom stereocenters. The van der Waals surface area contributed by atoms with Crippen molar-refractivity contribution >= 4 is 10.9 Å². The van der Waals surface area contributed by atoms with Crippen molar-refractivity contribution in [1.82, 2.24) is 20.5 Å². The Hall–Kier alpha value is -3.25. The van der Waals surface area contributed by atoms with E-state index in [1.165, 1.54) is 10.9 Å². The molecule has 2 aromatic carbocycles. The van der Waals surface area contributed by atoms with E-state index in [0.717, 1.165) is 46.9 Å². The molecule has 130 valence electrons. The molecule has 0 saturated carbocycles. The van der Waals surface area contributed by atoms with Gasteiger partial charge in [0.2, 0.25) is 6.79 Å². The van der Waals surface area contributed by atoms with Crippen LogP contribution in [0.3, 0.4) is 0 Å². The van der Waals surface area contributed by atoms with Crippen LogP contribution in [0.5, 0.6) is 11.5 Å². The van der Waals surface area contributed by atoms with E-state index >= 15 is 0 Å². The highest BCUT2D eigenvalue weighted by Gasteiger charge is 2.16. The molecule has 0 aliphatic carbocycles. The minimum Gasteiger partial charge on any atom is -0.454 e. The number of aromatic nitrogens is 3. The van der Waals surface area contributed by atoms with Crippen molar-refractivity contribution in [2.75, 3.05) is 6.79 Å². The molecule has 3 N–H and O–H groups in total. The maximum atomic E-state index is 5.47. The summed E-state index contributed by atoms with van der Waals surface area (Å²) in [5.74, 6) is 1.56. The van der Waals surface area contributed by atoms with Gasteiger partial charge in [-0.15, -0.1) is 0 Å². The zero-order chi connectivity index (χ0) is 17.3. The highest BCUT2D eigenvalue weighted by Crippen LogP contribution is 2.36. The molecule has 1 aliphatic heterocycles. The lowest BCUT2D eigenvalue weighted by Crippen LogP contribution is -2.13. The Kier molecular flexibility index (Phi) is 3.61. The van der Waals surface area contributed by atoms with E-state index in [4.69, 9.17) is 9.47 Å². The molecule has 3 heterocycles. The number of nitrogens with one attached hydrogen (secondary N) is 3. The Morgan fingerprint density at radius 1 is 1.00 bits per heavy atom. The number of ether oxygens (including phenoxy) is 2. The molecule has 0 bridgehead atoms. The summed E-state index contributed by atoms with van der Waals surface area (Å²) in [7, 11) is 0. The van der Waals surface area contributed by atoms with Crippen LogP contribution in [-0.2, 0) is 13.1 Å². The number of nitrogens with zero attached hydrogens (tertiary/aromatic N) is 1. The summed E-state index contributed by atoms with van der Waals surface area (Å²) >= 11 is 0. The number of H-pyrrole nitrogens is 2. The van der Waals surface area contributed by atoms with E-state index in [1.807, 2.05) is 30.6 Å². The Bertz CT molecular complexity index is 1070. The SMILES string of the molecule is c1cc(CNCc2cn[nH]c2-c2ccc3c(c2)OCO3)c2cc[nH]c2c1. The van der Waals surface area contributed by atoms with Gasteiger partial charge in [-0.2, -0.15) is 5.10 Å². The van der Waals surface area contributed by atoms with Crippen LogP contribution in [0, 0.1) is 0 Å². The summed E-state index contributed by atoms with van der Waals surface area (Å²) in [6.45, 7) is 1.79. The predicted molar refractivity (Wildman–Crippen MR) is 99.0 cm³/mol. The quantitative estimate of drug-likeness (QED) is 0.516. The van der Waals surface area contributed by atoms with Crippen LogP contribution < -0.4 is 14.8 Å². The van der Waals surface area contributed by atoms with E-state index < -0.39 is 0 Å². The molecule has 0 amide bonds. The van der Waals surface area contributed by atoms with Gasteiger partial charge in [0, 0.05) is 41.3 Å². The van der Waals surface area contributed by atoms with Gasteiger partial charge in [0.05, 0.1) is 11.9 Å². The highest BCUT2D eigenvalue weighted by atomic mass is 16.7. The standard InChI is InChI=1S/C20H18N4O2/c1-2-14(16-6-7-22-17(16)3-1)9-21-10-15-11-23-24-20(15)13-4-5-18-19(8-13)26-12-25-18/h1-8,11,21-22H,9-10,12H2,(H,23,24). The first-order valence-corrected chi connectivity index (χ1v) is 8.56. The average molecular weight is 346 g/mol. The first-order valence-electron chi connectivity index (χ1n) is 8.56. The lowest BCUT2D eigenvalue weighted by molar-refractivity contribution is 0.174. The second kappa shape index (κ2) is 6.24. The zero-order valence-electron chi connectivity index (χ0n) is 14.1. The number of hydrogen-bond donors (Lipinski definition) is 3. The molecule has 26 heavy (non-hydrogen) atoms. The van der Waals surface area contributed by atoms with Crippen molar-refractivity contribution < 1.29 is 9.47 Å². The Morgan fingerprint density at radius 3 is 2.92 bits per heavy atom. The molecule has 0 radical (unpaired) electrons. The van der Waals surface area contributed by atoms with Crippen molar-refractivity contribution in [2.24, 2.45) is 0 Å². The molecule has 0 saturated heterocycles. The second-order valence-corrected chi connectivity index (χ2v) is 6.30. The number of hydrogen-bond acceptors (Lipinski definition) is 4. The number of fused-ring (bicyclic) bond motifs is 2. The van der Waals surface area contributed by atoms with Crippen molar-refractivity contribution in [1.29, 1.82) is 0 Å². The molecule has 0 unspecified atom stereocenters. The van der Waals surface area contributed by atoms with Gasteiger partial charge >= 0.3 is 0 Å². The fourth-order valence-corrected chi connectivity index (χ4v) is 3.38. The molecule has 6 nitrogen and oxygen atoms in total. The summed E-state index contributed by atoms with van der Waals surface area (Å²) < 4.78 is 10.9. The van der Waals surface area contributed by atoms with E-state index in [2.05, 4.69) is 44.8 Å². The Morgan fingerprint density at radius 2 is 1.92 bits per heavy atom. The number of aromatic amines is 2. The van der Waals surface area contributed by atoms with Gasteiger partial charge in [-0.05, 0) is 35.9 Å². The summed E-state index contributed by atoms with van der Waals surface area (Å²) in [5, 5.41) is 12.1. The maximum Gasteiger partial charge on any atom is 0.231 e. The fraction of sp³-hybridized carbons (Fsp3) is 0.150. The smallest absolute Gasteiger partial charge is 0.231 e. The van der Waals surface area contributed by atoms with E-state index in [-0.39, 0.29) is 6.79 Å². The van der Waals surface area contributed by atoms with Crippen molar-refractivity contribution in [3.05, 3.63) is 66.0 Å². The summed E-state index contributed by atoms with van der Waals surface area (Å²) in [5.41, 5.74) is 5.59. The van der Waals surface area contributed by atoms with Gasteiger partial charge in [0.1, 0.15) is 0 Å². The molecular formula is C20H18N4O2. The maximum absolute atomic E-state index is 5.47. The largest absolute Gasteiger partial charge is 0.454 e. The molecule has 0 fully saturated rings. The summed E-state index contributed by atoms with van der Waals surface area (Å²) in [6.07, 6.45) is 3.84. The van der Waals surface area contributed by atoms with Crippen molar-refractivity contribution in [3.63, 3.8) is 0 Å². The number of rotatable bonds is 5. The predicted octanol–water partition coefficient (Wildman–Crippen LogP) is 3.58. The van der Waals surface area contributed by atoms with E-state index in [1.54, 1.807) is 0 Å². The van der Waals surface area contributed by atoms with Gasteiger partial charge < -0.3 is 19.8 Å². The Labute approximate surface area is 150 Å². The molecule has 0 spiro atoms. The highest BCUT2D eigenvalue weighted by molar-refractivity contribution is 5.82. The summed E-state index contributed by atoms with van der Waals surface area (Å²) in [6, 6.07) is 14.4. The summed E-state index contributed by atoms with van der Waals surface area (Å²) in [4.78, 5) is 3.25. The lowest BCUT2D eigenvalue weighted by atomic mass is 10.1. The fourth-order valence-electron chi connectivity index (χ4n) is 3.38. The van der Waals surface area contributed by atoms with Crippen LogP contribution in [-0.4, -0.2) is 22.0 Å². The van der Waals surface area contributed by atoms with Crippen molar-refractivity contribution in [3.8, 4) is 22.8 Å². The molecular weight excluding hydrogens is 328 g/mol. The minimum atomic E-state index is 0.279. The van der Waals surface area contributed by atoms with E-state index in [9.17, 15) is 0 Å². The van der Waals surface area contributed by atoms with Crippen LogP contribution in [0.25, 0.3) is 22.2 Å². The molecule has 1 aliphatic rings. The normalized spacial score (nSPS) is 12.8. The molecule has 4 aromatic rings. The van der Waals surface area contributed by atoms with Gasteiger partial charge in [-0.1, -0.05) is 12.1 Å². The third-order valence-electron chi connectivity index (χ3n) is 4.70. The van der Waals surface area contributed by atoms with Gasteiger partial charge in [0.15, 0.2) is 11.5 Å². The molecule has 5 rings (SSSR count). The topological polar surface area (TPSA) is 75.0 Å². The first-order chi connectivity index (χ1) is 12.9. The van der Waals surface area contributed by atoms with Crippen LogP contribution in [0.4, 0.5) is 0 Å². The van der Waals surface area contributed by atoms with Crippen LogP contribution in [0.2, 0.25) is 0 Å². The number of benzene rings is 2. The van der Waals surface area contributed by atoms with Crippen LogP contribution in [0.1, 0.15) is 11.1 Å². The second-order valence-electron chi connectivity index (χ2n) is 6.30. The Balaban J connectivity index is 1.33. The third kappa shape index (κ3) is 2.60. The average Bonchev–Trinajstić information content (AvgIpc) is 3.41. The van der Waals surface area contributed by atoms with Gasteiger partial charge in [0.25, 0.3) is 0 Å². The molecule has 2 aromatic heterocycles. The van der Waals surface area contributed by atoms with Gasteiger partial charge in [-0.3, -0.25) is 5.10 Å². The minimum absolute atomic E-state index is 0.279. The van der Waals surface area contributed by atoms with Gasteiger partial charge in [-0.25, -0.2) is 0 Å².